The second-order valence-electron chi connectivity index (χ2n) is 5.55. The largest absolute Gasteiger partial charge is 0.325 e. The molecule has 1 amide bonds. The number of hydrogen-bond donors (Lipinski definition) is 1. The summed E-state index contributed by atoms with van der Waals surface area (Å²) in [5.74, 6) is -0.553. The van der Waals surface area contributed by atoms with Crippen LogP contribution in [0.3, 0.4) is 0 Å². The molecule has 0 fully saturated rings. The van der Waals surface area contributed by atoms with Crippen molar-refractivity contribution in [2.24, 2.45) is 0 Å². The Kier molecular flexibility index (Phi) is 6.18. The van der Waals surface area contributed by atoms with Crippen molar-refractivity contribution in [1.82, 2.24) is 0 Å². The molecule has 26 heavy (non-hydrogen) atoms. The summed E-state index contributed by atoms with van der Waals surface area (Å²) in [5, 5.41) is 13.6. The first kappa shape index (κ1) is 20.1. The third-order valence-electron chi connectivity index (χ3n) is 3.49. The molecular weight excluding hydrogens is 473 g/mol. The van der Waals surface area contributed by atoms with E-state index in [1.54, 1.807) is 31.2 Å². The summed E-state index contributed by atoms with van der Waals surface area (Å²) < 4.78 is 26.2. The Hall–Kier alpha value is -2.21. The minimum absolute atomic E-state index is 0.0967. The van der Waals surface area contributed by atoms with Crippen molar-refractivity contribution >= 4 is 55.6 Å². The van der Waals surface area contributed by atoms with Gasteiger partial charge in [0.25, 0.3) is 5.69 Å². The molecule has 0 aromatic heterocycles. The molecule has 0 saturated heterocycles. The lowest BCUT2D eigenvalue weighted by molar-refractivity contribution is -0.384. The minimum Gasteiger partial charge on any atom is -0.325 e. The number of halogens is 1. The maximum atomic E-state index is 12.3. The number of hydrogen-bond acceptors (Lipinski definition) is 5. The number of nitro benzene ring substituents is 1. The molecule has 0 aliphatic heterocycles. The van der Waals surface area contributed by atoms with Gasteiger partial charge >= 0.3 is 0 Å². The number of amides is 1. The highest BCUT2D eigenvalue weighted by Gasteiger charge is 2.24. The van der Waals surface area contributed by atoms with E-state index < -0.39 is 27.4 Å². The van der Waals surface area contributed by atoms with Crippen LogP contribution in [0.15, 0.2) is 42.5 Å². The number of nitrogens with zero attached hydrogens (tertiary/aromatic N) is 2. The van der Waals surface area contributed by atoms with E-state index in [2.05, 4.69) is 27.9 Å². The predicted molar refractivity (Wildman–Crippen MR) is 108 cm³/mol. The zero-order chi connectivity index (χ0) is 19.5. The van der Waals surface area contributed by atoms with E-state index in [-0.39, 0.29) is 11.4 Å². The molecule has 0 radical (unpaired) electrons. The fourth-order valence-electron chi connectivity index (χ4n) is 2.23. The standard InChI is InChI=1S/C16H16IN3O5S/c1-11-3-8-14(20(22)23)9-15(11)19(26(2,24)25)10-16(21)18-13-6-4-12(17)5-7-13/h3-9H,10H2,1-2H3,(H,18,21). The number of aryl methyl sites for hydroxylation is 1. The maximum absolute atomic E-state index is 12.3. The number of carbonyl (C=O) groups excluding carboxylic acids is 1. The number of non-ortho nitro benzene ring substituents is 1. The smallest absolute Gasteiger partial charge is 0.271 e. The van der Waals surface area contributed by atoms with Crippen LogP contribution in [-0.4, -0.2) is 32.0 Å². The van der Waals surface area contributed by atoms with E-state index in [4.69, 9.17) is 0 Å². The average Bonchev–Trinajstić information content (AvgIpc) is 2.54. The van der Waals surface area contributed by atoms with Crippen molar-refractivity contribution in [2.75, 3.05) is 22.4 Å². The lowest BCUT2D eigenvalue weighted by Crippen LogP contribution is -2.37. The maximum Gasteiger partial charge on any atom is 0.271 e. The highest BCUT2D eigenvalue weighted by atomic mass is 127. The number of nitrogens with one attached hydrogen (secondary N) is 1. The van der Waals surface area contributed by atoms with E-state index in [1.165, 1.54) is 12.1 Å². The molecule has 0 aliphatic carbocycles. The molecule has 0 heterocycles. The zero-order valence-electron chi connectivity index (χ0n) is 14.0. The van der Waals surface area contributed by atoms with Crippen LogP contribution in [0, 0.1) is 20.6 Å². The topological polar surface area (TPSA) is 110 Å². The molecule has 138 valence electrons. The van der Waals surface area contributed by atoms with Crippen molar-refractivity contribution in [3.05, 3.63) is 61.7 Å². The Balaban J connectivity index is 2.31. The summed E-state index contributed by atoms with van der Waals surface area (Å²) in [4.78, 5) is 22.7. The average molecular weight is 489 g/mol. The molecule has 2 rings (SSSR count). The second kappa shape index (κ2) is 7.99. The van der Waals surface area contributed by atoms with E-state index >= 15 is 0 Å². The van der Waals surface area contributed by atoms with Crippen LogP contribution in [0.25, 0.3) is 0 Å². The third kappa shape index (κ3) is 5.14. The minimum atomic E-state index is -3.83. The molecular formula is C16H16IN3O5S. The number of sulfonamides is 1. The number of nitro groups is 1. The Morgan fingerprint density at radius 3 is 2.38 bits per heavy atom. The van der Waals surface area contributed by atoms with Crippen molar-refractivity contribution in [3.8, 4) is 0 Å². The lowest BCUT2D eigenvalue weighted by atomic mass is 10.2. The van der Waals surface area contributed by atoms with E-state index in [9.17, 15) is 23.3 Å². The third-order valence-corrected chi connectivity index (χ3v) is 5.33. The summed E-state index contributed by atoms with van der Waals surface area (Å²) >= 11 is 2.12. The van der Waals surface area contributed by atoms with E-state index in [0.29, 0.717) is 11.3 Å². The Labute approximate surface area is 164 Å². The zero-order valence-corrected chi connectivity index (χ0v) is 16.9. The Bertz CT molecular complexity index is 945. The number of benzene rings is 2. The van der Waals surface area contributed by atoms with Gasteiger partial charge in [-0.1, -0.05) is 6.07 Å². The summed E-state index contributed by atoms with van der Waals surface area (Å²) in [6.07, 6.45) is 0.948. The first-order valence-electron chi connectivity index (χ1n) is 7.36. The van der Waals surface area contributed by atoms with Gasteiger partial charge < -0.3 is 5.32 Å². The van der Waals surface area contributed by atoms with Gasteiger partial charge in [0.15, 0.2) is 0 Å². The van der Waals surface area contributed by atoms with Gasteiger partial charge in [-0.15, -0.1) is 0 Å². The molecule has 8 nitrogen and oxygen atoms in total. The van der Waals surface area contributed by atoms with Crippen LogP contribution in [0.2, 0.25) is 0 Å². The van der Waals surface area contributed by atoms with Crippen LogP contribution in [-0.2, 0) is 14.8 Å². The van der Waals surface area contributed by atoms with Crippen molar-refractivity contribution in [1.29, 1.82) is 0 Å². The molecule has 0 bridgehead atoms. The predicted octanol–water partition coefficient (Wildman–Crippen LogP) is 2.91. The highest BCUT2D eigenvalue weighted by Crippen LogP contribution is 2.27. The summed E-state index contributed by atoms with van der Waals surface area (Å²) in [7, 11) is -3.83. The SMILES string of the molecule is Cc1ccc([N+](=O)[O-])cc1N(CC(=O)Nc1ccc(I)cc1)S(C)(=O)=O. The summed E-state index contributed by atoms with van der Waals surface area (Å²) in [5.41, 5.74) is 0.875. The molecule has 0 unspecified atom stereocenters. The Morgan fingerprint density at radius 1 is 1.23 bits per heavy atom. The fourth-order valence-corrected chi connectivity index (χ4v) is 3.49. The van der Waals surface area contributed by atoms with Crippen molar-refractivity contribution in [3.63, 3.8) is 0 Å². The van der Waals surface area contributed by atoms with Gasteiger partial charge in [0, 0.05) is 21.4 Å². The summed E-state index contributed by atoms with van der Waals surface area (Å²) in [6, 6.07) is 10.9. The van der Waals surface area contributed by atoms with Gasteiger partial charge in [0.2, 0.25) is 15.9 Å². The monoisotopic (exact) mass is 489 g/mol. The molecule has 2 aromatic rings. The van der Waals surface area contributed by atoms with Crippen LogP contribution >= 0.6 is 22.6 Å². The molecule has 0 aliphatic rings. The normalized spacial score (nSPS) is 11.0. The molecule has 0 atom stereocenters. The Morgan fingerprint density at radius 2 is 1.85 bits per heavy atom. The number of rotatable bonds is 6. The molecule has 2 aromatic carbocycles. The quantitative estimate of drug-likeness (QED) is 0.381. The first-order chi connectivity index (χ1) is 12.1. The van der Waals surface area contributed by atoms with Gasteiger partial charge in [-0.05, 0) is 59.3 Å². The highest BCUT2D eigenvalue weighted by molar-refractivity contribution is 14.1. The van der Waals surface area contributed by atoms with Gasteiger partial charge in [-0.25, -0.2) is 8.42 Å². The first-order valence-corrected chi connectivity index (χ1v) is 10.3. The van der Waals surface area contributed by atoms with Crippen LogP contribution < -0.4 is 9.62 Å². The summed E-state index contributed by atoms with van der Waals surface area (Å²) in [6.45, 7) is 1.13. The number of anilines is 2. The van der Waals surface area contributed by atoms with Crippen LogP contribution in [0.5, 0.6) is 0 Å². The van der Waals surface area contributed by atoms with Gasteiger partial charge in [-0.2, -0.15) is 0 Å². The van der Waals surface area contributed by atoms with Gasteiger partial charge in [-0.3, -0.25) is 19.2 Å². The number of carbonyl (C=O) groups is 1. The fraction of sp³-hybridized carbons (Fsp3) is 0.188. The molecule has 10 heteroatoms. The van der Waals surface area contributed by atoms with Crippen molar-refractivity contribution in [2.45, 2.75) is 6.92 Å². The molecule has 0 spiro atoms. The van der Waals surface area contributed by atoms with Gasteiger partial charge in [0.1, 0.15) is 6.54 Å². The lowest BCUT2D eigenvalue weighted by Gasteiger charge is -2.23. The van der Waals surface area contributed by atoms with E-state index in [1.807, 2.05) is 0 Å². The van der Waals surface area contributed by atoms with Crippen LogP contribution in [0.1, 0.15) is 5.56 Å². The molecule has 1 N–H and O–H groups in total. The van der Waals surface area contributed by atoms with E-state index in [0.717, 1.165) is 20.2 Å². The second-order valence-corrected chi connectivity index (χ2v) is 8.71. The van der Waals surface area contributed by atoms with Crippen LogP contribution in [0.4, 0.5) is 17.1 Å². The van der Waals surface area contributed by atoms with Crippen molar-refractivity contribution < 1.29 is 18.1 Å². The molecule has 0 saturated carbocycles. The van der Waals surface area contributed by atoms with Gasteiger partial charge in [0.05, 0.1) is 16.9 Å².